The van der Waals surface area contributed by atoms with Gasteiger partial charge in [0.15, 0.2) is 4.88 Å². The van der Waals surface area contributed by atoms with E-state index in [-0.39, 0.29) is 11.4 Å². The van der Waals surface area contributed by atoms with Gasteiger partial charge in [-0.15, -0.1) is 11.3 Å². The SMILES string of the molecule is CC.COc1c(C(=O)O)sc2c1CCN(C(=O)OF)CC2. The molecule has 2 rings (SSSR count). The summed E-state index contributed by atoms with van der Waals surface area (Å²) in [6, 6.07) is 0. The second-order valence-electron chi connectivity index (χ2n) is 4.00. The molecular formula is C13H18FNO5S. The van der Waals surface area contributed by atoms with Gasteiger partial charge >= 0.3 is 12.1 Å². The predicted octanol–water partition coefficient (Wildman–Crippen LogP) is 2.90. The summed E-state index contributed by atoms with van der Waals surface area (Å²) in [4.78, 5) is 27.7. The molecule has 1 aliphatic heterocycles. The highest BCUT2D eigenvalue weighted by Crippen LogP contribution is 2.37. The normalized spacial score (nSPS) is 13.4. The number of hydrogen-bond acceptors (Lipinski definition) is 5. The quantitative estimate of drug-likeness (QED) is 0.907. The second kappa shape index (κ2) is 7.82. The third-order valence-electron chi connectivity index (χ3n) is 3.01. The molecule has 0 aliphatic carbocycles. The fourth-order valence-corrected chi connectivity index (χ4v) is 3.28. The van der Waals surface area contributed by atoms with Crippen molar-refractivity contribution in [2.75, 3.05) is 20.2 Å². The lowest BCUT2D eigenvalue weighted by Gasteiger charge is -2.16. The first-order chi connectivity index (χ1) is 10.1. The number of amides is 1. The first kappa shape index (κ1) is 17.2. The third kappa shape index (κ3) is 3.63. The van der Waals surface area contributed by atoms with Crippen LogP contribution in [0.3, 0.4) is 0 Å². The minimum Gasteiger partial charge on any atom is -0.495 e. The third-order valence-corrected chi connectivity index (χ3v) is 4.27. The van der Waals surface area contributed by atoms with Gasteiger partial charge in [-0.05, 0) is 12.8 Å². The number of carbonyl (C=O) groups excluding carboxylic acids is 1. The average Bonchev–Trinajstić information content (AvgIpc) is 2.74. The molecule has 6 nitrogen and oxygen atoms in total. The number of methoxy groups -OCH3 is 1. The minimum absolute atomic E-state index is 0.161. The van der Waals surface area contributed by atoms with Gasteiger partial charge in [-0.1, -0.05) is 13.8 Å². The fraction of sp³-hybridized carbons (Fsp3) is 0.538. The van der Waals surface area contributed by atoms with Gasteiger partial charge < -0.3 is 14.7 Å². The van der Waals surface area contributed by atoms with Crippen LogP contribution in [0.4, 0.5) is 9.32 Å². The summed E-state index contributed by atoms with van der Waals surface area (Å²) in [7, 11) is 1.41. The standard InChI is InChI=1S/C11H12FNO5S.C2H6/c1-17-8-6-2-4-13(11(16)18-12)5-3-7(6)19-9(8)10(14)15;1-2/h2-5H2,1H3,(H,14,15);1-2H3. The molecule has 1 amide bonds. The lowest BCUT2D eigenvalue weighted by Crippen LogP contribution is -2.32. The highest BCUT2D eigenvalue weighted by atomic mass is 32.1. The number of carboxylic acid groups (broad SMARTS) is 1. The Kier molecular flexibility index (Phi) is 6.41. The van der Waals surface area contributed by atoms with Crippen molar-refractivity contribution in [1.82, 2.24) is 4.90 Å². The first-order valence-corrected chi connectivity index (χ1v) is 7.39. The van der Waals surface area contributed by atoms with Crippen LogP contribution < -0.4 is 4.74 Å². The summed E-state index contributed by atoms with van der Waals surface area (Å²) in [6.07, 6.45) is -0.150. The van der Waals surface area contributed by atoms with E-state index in [0.29, 0.717) is 25.1 Å². The highest BCUT2D eigenvalue weighted by Gasteiger charge is 2.28. The maximum absolute atomic E-state index is 11.9. The molecule has 0 saturated carbocycles. The molecule has 0 saturated heterocycles. The van der Waals surface area contributed by atoms with Crippen LogP contribution in [0.2, 0.25) is 0 Å². The van der Waals surface area contributed by atoms with Gasteiger partial charge in [0.2, 0.25) is 0 Å². The number of aromatic carboxylic acids is 1. The number of fused-ring (bicyclic) bond motifs is 1. The Morgan fingerprint density at radius 2 is 1.90 bits per heavy atom. The number of ether oxygens (including phenoxy) is 1. The molecule has 0 spiro atoms. The van der Waals surface area contributed by atoms with Crippen molar-refractivity contribution in [2.24, 2.45) is 0 Å². The molecule has 0 atom stereocenters. The zero-order valence-corrected chi connectivity index (χ0v) is 13.0. The van der Waals surface area contributed by atoms with Crippen molar-refractivity contribution < 1.29 is 28.9 Å². The van der Waals surface area contributed by atoms with E-state index in [4.69, 9.17) is 9.84 Å². The fourth-order valence-electron chi connectivity index (χ4n) is 2.13. The summed E-state index contributed by atoms with van der Waals surface area (Å²) in [5.41, 5.74) is 0.777. The number of carboxylic acids is 1. The number of halogens is 1. The maximum Gasteiger partial charge on any atom is 0.447 e. The van der Waals surface area contributed by atoms with E-state index in [9.17, 15) is 14.1 Å². The molecule has 0 bridgehead atoms. The monoisotopic (exact) mass is 319 g/mol. The van der Waals surface area contributed by atoms with Crippen LogP contribution in [0.15, 0.2) is 0 Å². The smallest absolute Gasteiger partial charge is 0.447 e. The van der Waals surface area contributed by atoms with Crippen LogP contribution in [0.25, 0.3) is 0 Å². The molecule has 0 unspecified atom stereocenters. The molecule has 0 aromatic carbocycles. The van der Waals surface area contributed by atoms with Crippen LogP contribution in [0.1, 0.15) is 34.0 Å². The number of carbonyl (C=O) groups is 2. The van der Waals surface area contributed by atoms with Crippen LogP contribution >= 0.6 is 11.3 Å². The largest absolute Gasteiger partial charge is 0.495 e. The molecule has 1 N–H and O–H groups in total. The van der Waals surface area contributed by atoms with Gasteiger partial charge in [0.05, 0.1) is 7.11 Å². The van der Waals surface area contributed by atoms with Gasteiger partial charge in [0, 0.05) is 28.1 Å². The van der Waals surface area contributed by atoms with Crippen LogP contribution in [-0.2, 0) is 17.8 Å². The molecule has 0 radical (unpaired) electrons. The van der Waals surface area contributed by atoms with Crippen molar-refractivity contribution in [3.63, 3.8) is 0 Å². The molecular weight excluding hydrogens is 301 g/mol. The summed E-state index contributed by atoms with van der Waals surface area (Å²) in [5.74, 6) is -0.696. The summed E-state index contributed by atoms with van der Waals surface area (Å²) in [6.45, 7) is 4.56. The van der Waals surface area contributed by atoms with Gasteiger partial charge in [-0.2, -0.15) is 0 Å². The van der Waals surface area contributed by atoms with E-state index in [1.807, 2.05) is 13.8 Å². The first-order valence-electron chi connectivity index (χ1n) is 6.57. The van der Waals surface area contributed by atoms with Crippen molar-refractivity contribution in [3.05, 3.63) is 15.3 Å². The summed E-state index contributed by atoms with van der Waals surface area (Å²) < 4.78 is 17.0. The molecule has 1 aromatic rings. The molecule has 2 heterocycles. The van der Waals surface area contributed by atoms with Crippen LogP contribution in [0, 0.1) is 0 Å². The van der Waals surface area contributed by atoms with Gasteiger partial charge in [-0.3, -0.25) is 0 Å². The van der Waals surface area contributed by atoms with Crippen molar-refractivity contribution >= 4 is 23.4 Å². The summed E-state index contributed by atoms with van der Waals surface area (Å²) in [5, 5.41) is 9.09. The topological polar surface area (TPSA) is 76.1 Å². The number of thiophene rings is 1. The number of nitrogens with zero attached hydrogens (tertiary/aromatic N) is 1. The molecule has 0 fully saturated rings. The van der Waals surface area contributed by atoms with Crippen molar-refractivity contribution in [2.45, 2.75) is 26.7 Å². The van der Waals surface area contributed by atoms with E-state index in [1.165, 1.54) is 12.0 Å². The Hall–Kier alpha value is -1.83. The van der Waals surface area contributed by atoms with Gasteiger partial charge in [-0.25, -0.2) is 14.5 Å². The Labute approximate surface area is 126 Å². The van der Waals surface area contributed by atoms with E-state index >= 15 is 0 Å². The van der Waals surface area contributed by atoms with Crippen LogP contribution in [-0.4, -0.2) is 42.3 Å². The molecule has 1 aromatic heterocycles. The van der Waals surface area contributed by atoms with Gasteiger partial charge in [0.1, 0.15) is 5.75 Å². The van der Waals surface area contributed by atoms with E-state index in [0.717, 1.165) is 21.8 Å². The van der Waals surface area contributed by atoms with Gasteiger partial charge in [0.25, 0.3) is 0 Å². The van der Waals surface area contributed by atoms with E-state index < -0.39 is 12.1 Å². The van der Waals surface area contributed by atoms with E-state index in [1.54, 1.807) is 0 Å². The van der Waals surface area contributed by atoms with Crippen molar-refractivity contribution in [3.8, 4) is 5.75 Å². The zero-order chi connectivity index (χ0) is 16.0. The molecule has 118 valence electrons. The van der Waals surface area contributed by atoms with E-state index in [2.05, 4.69) is 4.94 Å². The zero-order valence-electron chi connectivity index (χ0n) is 12.1. The average molecular weight is 319 g/mol. The Morgan fingerprint density at radius 3 is 2.43 bits per heavy atom. The number of rotatable bonds is 2. The second-order valence-corrected chi connectivity index (χ2v) is 5.11. The molecule has 21 heavy (non-hydrogen) atoms. The molecule has 1 aliphatic rings. The van der Waals surface area contributed by atoms with Crippen LogP contribution in [0.5, 0.6) is 5.75 Å². The van der Waals surface area contributed by atoms with Crippen molar-refractivity contribution in [1.29, 1.82) is 0 Å². The Morgan fingerprint density at radius 1 is 1.29 bits per heavy atom. The Bertz CT molecular complexity index is 517. The lowest BCUT2D eigenvalue weighted by molar-refractivity contribution is -0.0792. The lowest BCUT2D eigenvalue weighted by atomic mass is 10.1. The molecule has 8 heteroatoms. The summed E-state index contributed by atoms with van der Waals surface area (Å²) >= 11 is 1.13. The predicted molar refractivity (Wildman–Crippen MR) is 75.7 cm³/mol. The Balaban J connectivity index is 0.00000106. The number of hydrogen-bond donors (Lipinski definition) is 1. The minimum atomic E-state index is -1.03. The maximum atomic E-state index is 11.9. The highest BCUT2D eigenvalue weighted by molar-refractivity contribution is 7.14.